The number of nitrogens with zero attached hydrogens (tertiary/aromatic N) is 1. The van der Waals surface area contributed by atoms with E-state index in [9.17, 15) is 29.0 Å². The van der Waals surface area contributed by atoms with Crippen molar-refractivity contribution in [2.24, 2.45) is 0 Å². The number of rotatable bonds is 14. The first-order valence-corrected chi connectivity index (χ1v) is 15.3. The molecule has 252 valence electrons. The van der Waals surface area contributed by atoms with Gasteiger partial charge in [-0.25, -0.2) is 9.18 Å². The largest absolute Gasteiger partial charge is 0.496 e. The molecule has 0 aliphatic rings. The molecule has 0 spiro atoms. The minimum absolute atomic E-state index is 0.0887. The topological polar surface area (TPSA) is 147 Å². The highest BCUT2D eigenvalue weighted by atomic mass is 19.1. The maximum absolute atomic E-state index is 14.3. The first kappa shape index (κ1) is 35.6. The molecule has 0 saturated heterocycles. The molecule has 1 aromatic heterocycles. The minimum Gasteiger partial charge on any atom is -0.496 e. The van der Waals surface area contributed by atoms with Crippen molar-refractivity contribution in [3.63, 3.8) is 0 Å². The Bertz CT molecular complexity index is 1780. The molecule has 1 amide bonds. The van der Waals surface area contributed by atoms with Gasteiger partial charge in [-0.15, -0.1) is 0 Å². The number of hydrogen-bond acceptors (Lipinski definition) is 7. The number of esters is 1. The lowest BCUT2D eigenvalue weighted by atomic mass is 9.94. The van der Waals surface area contributed by atoms with E-state index in [-0.39, 0.29) is 24.6 Å². The zero-order valence-electron chi connectivity index (χ0n) is 27.1. The third-order valence-corrected chi connectivity index (χ3v) is 7.69. The van der Waals surface area contributed by atoms with E-state index in [1.54, 1.807) is 36.4 Å². The van der Waals surface area contributed by atoms with Crippen molar-refractivity contribution in [2.45, 2.75) is 51.5 Å². The molecule has 1 heterocycles. The Morgan fingerprint density at radius 2 is 1.60 bits per heavy atom. The second-order valence-corrected chi connectivity index (χ2v) is 11.4. The van der Waals surface area contributed by atoms with Crippen LogP contribution in [0.4, 0.5) is 4.39 Å². The molecule has 11 heteroatoms. The molecule has 4 aromatic rings. The maximum Gasteiger partial charge on any atom is 0.341 e. The van der Waals surface area contributed by atoms with Gasteiger partial charge in [-0.2, -0.15) is 0 Å². The molecular weight excluding hydrogens is 619 g/mol. The summed E-state index contributed by atoms with van der Waals surface area (Å²) < 4.78 is 26.1. The van der Waals surface area contributed by atoms with Crippen LogP contribution in [0.15, 0.2) is 78.9 Å². The fourth-order valence-electron chi connectivity index (χ4n) is 5.56. The van der Waals surface area contributed by atoms with Crippen LogP contribution in [0.3, 0.4) is 0 Å². The molecule has 0 radical (unpaired) electrons. The molecule has 2 atom stereocenters. The van der Waals surface area contributed by atoms with Gasteiger partial charge in [0.1, 0.15) is 22.8 Å². The number of carboxylic acid groups (broad SMARTS) is 1. The van der Waals surface area contributed by atoms with Crippen molar-refractivity contribution in [1.29, 1.82) is 0 Å². The van der Waals surface area contributed by atoms with Gasteiger partial charge in [0, 0.05) is 35.8 Å². The average Bonchev–Trinajstić information content (AvgIpc) is 3.41. The molecule has 0 fully saturated rings. The lowest BCUT2D eigenvalue weighted by Gasteiger charge is -2.17. The number of aliphatic carboxylic acids is 1. The number of hydrogen-bond donors (Lipinski definition) is 4. The van der Waals surface area contributed by atoms with E-state index < -0.39 is 42.3 Å². The quantitative estimate of drug-likeness (QED) is 0.123. The third kappa shape index (κ3) is 8.36. The molecule has 0 bridgehead atoms. The smallest absolute Gasteiger partial charge is 0.341 e. The number of methoxy groups -OCH3 is 2. The number of nitrogens with one attached hydrogen (secondary N) is 1. The number of aliphatic hydroxyl groups excluding tert-OH is 2. The van der Waals surface area contributed by atoms with Gasteiger partial charge >= 0.3 is 11.9 Å². The van der Waals surface area contributed by atoms with Gasteiger partial charge in [0.15, 0.2) is 0 Å². The van der Waals surface area contributed by atoms with Crippen molar-refractivity contribution < 1.29 is 43.6 Å². The van der Waals surface area contributed by atoms with Gasteiger partial charge in [-0.05, 0) is 60.9 Å². The SMILES string of the molecule is COC(=O)c1ccc(CNC(=O)c2c(-c3ccccc3)c(-c3ccc(F)cc3)c(/C=C/C(O)CC(O)CC(=O)O)n2C(C)C)cc1OC. The Morgan fingerprint density at radius 3 is 2.21 bits per heavy atom. The van der Waals surface area contributed by atoms with Crippen molar-refractivity contribution in [2.75, 3.05) is 14.2 Å². The summed E-state index contributed by atoms with van der Waals surface area (Å²) >= 11 is 0. The highest BCUT2D eigenvalue weighted by Crippen LogP contribution is 2.42. The van der Waals surface area contributed by atoms with Gasteiger partial charge in [0.25, 0.3) is 5.91 Å². The number of carbonyl (C=O) groups is 3. The number of ether oxygens (including phenoxy) is 2. The molecular formula is C37H39FN2O8. The van der Waals surface area contributed by atoms with Crippen molar-refractivity contribution in [3.8, 4) is 28.0 Å². The first-order valence-electron chi connectivity index (χ1n) is 15.3. The van der Waals surface area contributed by atoms with Crippen LogP contribution in [-0.4, -0.2) is 64.2 Å². The summed E-state index contributed by atoms with van der Waals surface area (Å²) in [4.78, 5) is 37.5. The van der Waals surface area contributed by atoms with Crippen LogP contribution in [0.25, 0.3) is 28.3 Å². The third-order valence-electron chi connectivity index (χ3n) is 7.69. The van der Waals surface area contributed by atoms with Crippen molar-refractivity contribution in [3.05, 3.63) is 107 Å². The fraction of sp³-hybridized carbons (Fsp3) is 0.270. The van der Waals surface area contributed by atoms with Crippen LogP contribution < -0.4 is 10.1 Å². The predicted molar refractivity (Wildman–Crippen MR) is 179 cm³/mol. The van der Waals surface area contributed by atoms with Crippen LogP contribution in [0.1, 0.15) is 64.8 Å². The lowest BCUT2D eigenvalue weighted by molar-refractivity contribution is -0.139. The zero-order valence-corrected chi connectivity index (χ0v) is 27.1. The number of halogens is 1. The minimum atomic E-state index is -1.27. The van der Waals surface area contributed by atoms with Gasteiger partial charge in [0.2, 0.25) is 0 Å². The van der Waals surface area contributed by atoms with Crippen LogP contribution in [-0.2, 0) is 16.1 Å². The zero-order chi connectivity index (χ0) is 35.0. The van der Waals surface area contributed by atoms with Gasteiger partial charge in [-0.3, -0.25) is 9.59 Å². The molecule has 0 saturated carbocycles. The summed E-state index contributed by atoms with van der Waals surface area (Å²) in [6.07, 6.45) is -0.121. The van der Waals surface area contributed by atoms with Crippen LogP contribution >= 0.6 is 0 Å². The lowest BCUT2D eigenvalue weighted by Crippen LogP contribution is -2.27. The maximum atomic E-state index is 14.3. The van der Waals surface area contributed by atoms with E-state index in [1.807, 2.05) is 48.7 Å². The summed E-state index contributed by atoms with van der Waals surface area (Å²) in [5.41, 5.74) is 4.28. The number of benzene rings is 3. The van der Waals surface area contributed by atoms with E-state index in [0.717, 1.165) is 5.56 Å². The summed E-state index contributed by atoms with van der Waals surface area (Å²) in [5.74, 6) is -2.30. The highest BCUT2D eigenvalue weighted by molar-refractivity contribution is 6.06. The van der Waals surface area contributed by atoms with Crippen molar-refractivity contribution >= 4 is 23.9 Å². The number of carbonyl (C=O) groups excluding carboxylic acids is 2. The molecule has 10 nitrogen and oxygen atoms in total. The molecule has 4 N–H and O–H groups in total. The Kier molecular flexibility index (Phi) is 11.9. The Labute approximate surface area is 278 Å². The van der Waals surface area contributed by atoms with Crippen LogP contribution in [0.2, 0.25) is 0 Å². The van der Waals surface area contributed by atoms with E-state index in [1.165, 1.54) is 32.4 Å². The summed E-state index contributed by atoms with van der Waals surface area (Å²) in [5, 5.41) is 32.8. The van der Waals surface area contributed by atoms with E-state index in [4.69, 9.17) is 14.6 Å². The molecule has 4 rings (SSSR count). The van der Waals surface area contributed by atoms with Crippen LogP contribution in [0, 0.1) is 5.82 Å². The Balaban J connectivity index is 1.87. The van der Waals surface area contributed by atoms with Crippen molar-refractivity contribution in [1.82, 2.24) is 9.88 Å². The summed E-state index contributed by atoms with van der Waals surface area (Å²) in [6, 6.07) is 19.8. The summed E-state index contributed by atoms with van der Waals surface area (Å²) in [6.45, 7) is 3.90. The predicted octanol–water partition coefficient (Wildman–Crippen LogP) is 5.87. The molecule has 48 heavy (non-hydrogen) atoms. The number of amides is 1. The molecule has 0 aliphatic carbocycles. The van der Waals surface area contributed by atoms with Gasteiger partial charge in [0.05, 0.1) is 32.8 Å². The number of carboxylic acids is 1. The molecule has 2 unspecified atom stereocenters. The Morgan fingerprint density at radius 1 is 0.938 bits per heavy atom. The second kappa shape index (κ2) is 16.0. The van der Waals surface area contributed by atoms with E-state index in [0.29, 0.717) is 39.4 Å². The van der Waals surface area contributed by atoms with Gasteiger partial charge < -0.3 is 34.7 Å². The second-order valence-electron chi connectivity index (χ2n) is 11.4. The van der Waals surface area contributed by atoms with Crippen LogP contribution in [0.5, 0.6) is 5.75 Å². The number of aromatic nitrogens is 1. The molecule has 3 aromatic carbocycles. The monoisotopic (exact) mass is 658 g/mol. The molecule has 0 aliphatic heterocycles. The summed E-state index contributed by atoms with van der Waals surface area (Å²) in [7, 11) is 2.71. The Hall–Kier alpha value is -5.26. The standard InChI is InChI=1S/C37H39FN2O8/c1-22(2)40-30(17-15-27(41)19-28(42)20-32(43)44)33(25-11-13-26(38)14-12-25)34(24-8-6-5-7-9-24)35(40)36(45)39-21-23-10-16-29(37(46)48-4)31(18-23)47-3/h5-18,22,27-28,41-42H,19-21H2,1-4H3,(H,39,45)(H,43,44)/b17-15+. The fourth-order valence-corrected chi connectivity index (χ4v) is 5.56. The van der Waals surface area contributed by atoms with E-state index in [2.05, 4.69) is 5.32 Å². The first-order chi connectivity index (χ1) is 22.9. The average molecular weight is 659 g/mol. The normalized spacial score (nSPS) is 12.6. The van der Waals surface area contributed by atoms with Gasteiger partial charge in [-0.1, -0.05) is 54.6 Å². The number of aliphatic hydroxyl groups is 2. The van der Waals surface area contributed by atoms with E-state index >= 15 is 0 Å². The highest BCUT2D eigenvalue weighted by Gasteiger charge is 2.29.